The number of nitrogens with one attached hydrogen (secondary N) is 2. The maximum atomic E-state index is 11.8. The van der Waals surface area contributed by atoms with Crippen molar-refractivity contribution in [3.63, 3.8) is 0 Å². The molecule has 0 fully saturated rings. The van der Waals surface area contributed by atoms with Gasteiger partial charge in [-0.3, -0.25) is 0 Å². The van der Waals surface area contributed by atoms with Gasteiger partial charge in [-0.2, -0.15) is 0 Å². The van der Waals surface area contributed by atoms with Gasteiger partial charge in [0, 0.05) is 0 Å². The Kier molecular flexibility index (Phi) is 5.28. The van der Waals surface area contributed by atoms with E-state index in [-0.39, 0.29) is 15.0 Å². The Hall–Kier alpha value is -5.77. The molecule has 7 aromatic rings. The minimum absolute atomic E-state index is 0.171. The molecule has 0 amide bonds. The first kappa shape index (κ1) is 24.8. The summed E-state index contributed by atoms with van der Waals surface area (Å²) in [6.45, 7) is 0. The van der Waals surface area contributed by atoms with Crippen molar-refractivity contribution in [2.45, 2.75) is 0 Å². The molecular weight excluding hydrogens is 596 g/mol. The fraction of sp³-hybridized carbons (Fsp3) is 0. The molecule has 4 aromatic carbocycles. The van der Waals surface area contributed by atoms with Crippen molar-refractivity contribution in [2.24, 2.45) is 0 Å². The third kappa shape index (κ3) is 3.77. The van der Waals surface area contributed by atoms with Crippen LogP contribution in [0.5, 0.6) is 0 Å². The Morgan fingerprint density at radius 1 is 0.500 bits per heavy atom. The number of rotatable bonds is 2. The number of carbonyl (C=O) groups is 1. The van der Waals surface area contributed by atoms with Crippen molar-refractivity contribution in [2.75, 3.05) is 0 Å². The monoisotopic (exact) mass is 614 g/mol. The van der Waals surface area contributed by atoms with Gasteiger partial charge in [0.1, 0.15) is 0 Å². The molecule has 210 valence electrons. The molecule has 10 nitrogen and oxygen atoms in total. The molecule has 0 radical (unpaired) electrons. The van der Waals surface area contributed by atoms with Crippen molar-refractivity contribution in [3.05, 3.63) is 91.0 Å². The number of nitrogens with zero attached hydrogens (tertiary/aromatic N) is 6. The second-order valence-corrected chi connectivity index (χ2v) is 11.6. The molecule has 9 rings (SSSR count). The second-order valence-electron chi connectivity index (χ2n) is 10.2. The number of carboxylic acid groups (broad SMARTS) is 1. The first-order valence-corrected chi connectivity index (χ1v) is 14.8. The Labute approximate surface area is 254 Å². The van der Waals surface area contributed by atoms with E-state index >= 15 is 0 Å². The number of benzene rings is 4. The first-order chi connectivity index (χ1) is 21.6. The standard InChI is InChI=1S/C32H17N8.CHO2.Fe/c1-2-10-18-17(9-1)25-33-26(18)38-28-21-13-5-6-14-22(21)30(35-28)40-32-24-16-8-7-15-23(24)31(36-32)39-29-20-12-4-3-11-19(20)27(34-29)37-25;2-1-3;/h1-15H,(H2,33,34,35,36,37,38,39,40);(H,2,3);. The van der Waals surface area contributed by atoms with Crippen LogP contribution in [0.2, 0.25) is 0 Å². The number of aromatic nitrogens is 8. The zero-order valence-corrected chi connectivity index (χ0v) is 23.7. The molecule has 2 aliphatic heterocycles. The van der Waals surface area contributed by atoms with Gasteiger partial charge in [-0.15, -0.1) is 0 Å². The molecule has 2 aliphatic rings. The Balaban J connectivity index is 1.50. The van der Waals surface area contributed by atoms with Gasteiger partial charge in [0.25, 0.3) is 0 Å². The van der Waals surface area contributed by atoms with E-state index in [0.29, 0.717) is 55.7 Å². The summed E-state index contributed by atoms with van der Waals surface area (Å²) in [7, 11) is 0. The summed E-state index contributed by atoms with van der Waals surface area (Å²) in [5.74, 6) is 1.99. The van der Waals surface area contributed by atoms with Crippen LogP contribution < -0.4 is 4.46 Å². The van der Waals surface area contributed by atoms with E-state index in [1.54, 1.807) is 6.07 Å². The number of hydrogen-bond acceptors (Lipinski definition) is 7. The van der Waals surface area contributed by atoms with E-state index in [1.165, 1.54) is 0 Å². The van der Waals surface area contributed by atoms with E-state index in [9.17, 15) is 9.90 Å². The van der Waals surface area contributed by atoms with Crippen molar-refractivity contribution >= 4 is 53.5 Å². The van der Waals surface area contributed by atoms with Crippen LogP contribution >= 0.6 is 0 Å². The molecule has 0 saturated heterocycles. The number of aromatic amines is 2. The number of hydrogen-bond donors (Lipinski definition) is 3. The molecule has 0 aliphatic carbocycles. The molecule has 0 spiro atoms. The summed E-state index contributed by atoms with van der Waals surface area (Å²) in [6, 6.07) is 29.1. The van der Waals surface area contributed by atoms with Gasteiger partial charge in [0.15, 0.2) is 0 Å². The van der Waals surface area contributed by atoms with Gasteiger partial charge >= 0.3 is 249 Å². The molecule has 0 unspecified atom stereocenters. The fourth-order valence-corrected chi connectivity index (χ4v) is 6.66. The molecule has 0 saturated carbocycles. The normalized spacial score (nSPS) is 12.0. The number of H-pyrrole nitrogens is 2. The average molecular weight is 614 g/mol. The van der Waals surface area contributed by atoms with E-state index in [2.05, 4.69) is 9.97 Å². The number of fused-ring (bicyclic) bond motifs is 20. The summed E-state index contributed by atoms with van der Waals surface area (Å²) in [5, 5.41) is 12.9. The predicted molar refractivity (Wildman–Crippen MR) is 164 cm³/mol. The van der Waals surface area contributed by atoms with Crippen LogP contribution in [0, 0.1) is 0 Å². The van der Waals surface area contributed by atoms with Crippen LogP contribution in [0.1, 0.15) is 0 Å². The molecule has 44 heavy (non-hydrogen) atoms. The third-order valence-electron chi connectivity index (χ3n) is 7.69. The van der Waals surface area contributed by atoms with E-state index in [4.69, 9.17) is 29.9 Å². The molecule has 3 aromatic heterocycles. The van der Waals surface area contributed by atoms with Crippen LogP contribution in [0.25, 0.3) is 89.7 Å². The molecule has 11 heteroatoms. The molecule has 0 atom stereocenters. The van der Waals surface area contributed by atoms with Gasteiger partial charge in [-0.05, 0) is 0 Å². The fourth-order valence-electron chi connectivity index (χ4n) is 5.79. The zero-order chi connectivity index (χ0) is 29.4. The van der Waals surface area contributed by atoms with Crippen molar-refractivity contribution in [1.29, 1.82) is 0 Å². The SMILES string of the molecule is O=[C](O)[Fe][c]1cccc2c3nc4nc(nc5[nH]c(nc6nc(nc([nH]3)c12)-c1ccccc1-6)c1ccccc51)-c1ccccc1-4. The van der Waals surface area contributed by atoms with Crippen LogP contribution in [0.15, 0.2) is 91.0 Å². The second kappa shape index (κ2) is 9.37. The molecular formula is C33H18FeN8O2. The van der Waals surface area contributed by atoms with Gasteiger partial charge in [-0.1, -0.05) is 6.07 Å². The van der Waals surface area contributed by atoms with Crippen molar-refractivity contribution in [1.82, 2.24) is 39.9 Å². The van der Waals surface area contributed by atoms with Gasteiger partial charge in [0.2, 0.25) is 0 Å². The van der Waals surface area contributed by atoms with E-state index in [1.807, 2.05) is 84.9 Å². The van der Waals surface area contributed by atoms with Crippen LogP contribution in [0.4, 0.5) is 4.79 Å². The minimum atomic E-state index is -0.938. The Morgan fingerprint density at radius 3 is 1.41 bits per heavy atom. The van der Waals surface area contributed by atoms with Gasteiger partial charge < -0.3 is 0 Å². The average Bonchev–Trinajstić information content (AvgIpc) is 3.77. The third-order valence-corrected chi connectivity index (χ3v) is 8.68. The van der Waals surface area contributed by atoms with Crippen molar-refractivity contribution in [3.8, 4) is 45.6 Å². The molecule has 3 N–H and O–H groups in total. The van der Waals surface area contributed by atoms with Gasteiger partial charge in [-0.25, -0.2) is 0 Å². The summed E-state index contributed by atoms with van der Waals surface area (Å²) in [6.07, 6.45) is 0. The summed E-state index contributed by atoms with van der Waals surface area (Å²) in [5.41, 5.74) is 5.59. The topological polar surface area (TPSA) is 146 Å². The summed E-state index contributed by atoms with van der Waals surface area (Å²) < 4.78 is 0.617. The van der Waals surface area contributed by atoms with Crippen LogP contribution in [-0.2, 0) is 15.0 Å². The zero-order valence-electron chi connectivity index (χ0n) is 22.6. The Morgan fingerprint density at radius 2 is 0.909 bits per heavy atom. The van der Waals surface area contributed by atoms with E-state index < -0.39 is 4.87 Å². The van der Waals surface area contributed by atoms with E-state index in [0.717, 1.165) is 38.4 Å². The van der Waals surface area contributed by atoms with Crippen molar-refractivity contribution < 1.29 is 24.9 Å². The summed E-state index contributed by atoms with van der Waals surface area (Å²) in [4.78, 5) is 47.4. The molecule has 5 heterocycles. The first-order valence-electron chi connectivity index (χ1n) is 13.7. The maximum absolute atomic E-state index is 11.8. The Bertz CT molecular complexity index is 2530. The molecule has 8 bridgehead atoms. The van der Waals surface area contributed by atoms with Gasteiger partial charge in [0.05, 0.1) is 0 Å². The quantitative estimate of drug-likeness (QED) is 0.194. The predicted octanol–water partition coefficient (Wildman–Crippen LogP) is 6.26. The van der Waals surface area contributed by atoms with Crippen LogP contribution in [-0.4, -0.2) is 49.8 Å². The summed E-state index contributed by atoms with van der Waals surface area (Å²) >= 11 is -0.171. The van der Waals surface area contributed by atoms with Crippen LogP contribution in [0.3, 0.4) is 0 Å².